The van der Waals surface area contributed by atoms with Crippen molar-refractivity contribution in [3.05, 3.63) is 87.4 Å². The number of para-hydroxylation sites is 1. The van der Waals surface area contributed by atoms with Gasteiger partial charge in [-0.1, -0.05) is 73.1 Å². The number of thioether (sulfide) groups is 1. The van der Waals surface area contributed by atoms with E-state index >= 15 is 0 Å². The molecule has 5 nitrogen and oxygen atoms in total. The number of rotatable bonds is 7. The van der Waals surface area contributed by atoms with Crippen LogP contribution in [0.5, 0.6) is 0 Å². The summed E-state index contributed by atoms with van der Waals surface area (Å²) in [6.45, 7) is 8.35. The van der Waals surface area contributed by atoms with E-state index in [1.54, 1.807) is 12.1 Å². The van der Waals surface area contributed by atoms with Gasteiger partial charge in [0, 0.05) is 16.3 Å². The average Bonchev–Trinajstić information content (AvgIpc) is 3.23. The topological polar surface area (TPSA) is 59.8 Å². The van der Waals surface area contributed by atoms with Crippen LogP contribution in [0.2, 0.25) is 10.0 Å². The molecule has 0 fully saturated rings. The number of hydrogen-bond acceptors (Lipinski definition) is 4. The van der Waals surface area contributed by atoms with Gasteiger partial charge >= 0.3 is 0 Å². The van der Waals surface area contributed by atoms with E-state index in [1.807, 2.05) is 60.9 Å². The molecule has 0 aliphatic rings. The largest absolute Gasteiger partial charge is 0.325 e. The van der Waals surface area contributed by atoms with Crippen LogP contribution in [0.4, 0.5) is 5.69 Å². The monoisotopic (exact) mass is 524 g/mol. The third-order valence-electron chi connectivity index (χ3n) is 5.73. The maximum absolute atomic E-state index is 12.7. The van der Waals surface area contributed by atoms with Crippen LogP contribution in [-0.2, 0) is 4.79 Å². The minimum absolute atomic E-state index is 0.115. The highest BCUT2D eigenvalue weighted by molar-refractivity contribution is 7.99. The van der Waals surface area contributed by atoms with Crippen LogP contribution < -0.4 is 5.32 Å². The smallest absolute Gasteiger partial charge is 0.234 e. The van der Waals surface area contributed by atoms with E-state index in [2.05, 4.69) is 35.4 Å². The molecule has 0 aliphatic heterocycles. The number of halogens is 2. The van der Waals surface area contributed by atoms with E-state index in [9.17, 15) is 4.79 Å². The summed E-state index contributed by atoms with van der Waals surface area (Å²) in [5, 5.41) is 13.5. The highest BCUT2D eigenvalue weighted by Gasteiger charge is 2.21. The Labute approximate surface area is 219 Å². The third kappa shape index (κ3) is 5.72. The van der Waals surface area contributed by atoms with Gasteiger partial charge in [0.1, 0.15) is 0 Å². The van der Waals surface area contributed by atoms with Crippen molar-refractivity contribution in [2.24, 2.45) is 0 Å². The summed E-state index contributed by atoms with van der Waals surface area (Å²) in [4.78, 5) is 12.7. The molecule has 0 spiro atoms. The van der Waals surface area contributed by atoms with Gasteiger partial charge in [0.2, 0.25) is 5.91 Å². The number of anilines is 1. The first-order valence-corrected chi connectivity index (χ1v) is 13.0. The maximum atomic E-state index is 12.7. The van der Waals surface area contributed by atoms with E-state index in [-0.39, 0.29) is 17.6 Å². The Bertz CT molecular complexity index is 1380. The molecule has 1 aromatic heterocycles. The molecule has 0 aliphatic carbocycles. The van der Waals surface area contributed by atoms with Crippen LogP contribution in [0.3, 0.4) is 0 Å². The number of amides is 1. The quantitative estimate of drug-likeness (QED) is 0.251. The number of carbonyl (C=O) groups is 1. The number of nitrogens with zero attached hydrogens (tertiary/aromatic N) is 3. The van der Waals surface area contributed by atoms with Gasteiger partial charge in [-0.05, 0) is 72.9 Å². The van der Waals surface area contributed by atoms with E-state index in [0.29, 0.717) is 26.6 Å². The van der Waals surface area contributed by atoms with Crippen LogP contribution in [-0.4, -0.2) is 26.4 Å². The molecule has 0 bridgehead atoms. The lowest BCUT2D eigenvalue weighted by Gasteiger charge is -2.17. The molecule has 4 aromatic rings. The summed E-state index contributed by atoms with van der Waals surface area (Å²) in [6.07, 6.45) is 0. The molecular formula is C27H26Cl2N4OS. The number of nitrogens with one attached hydrogen (secondary N) is 1. The normalized spacial score (nSPS) is 11.2. The van der Waals surface area contributed by atoms with Gasteiger partial charge in [0.25, 0.3) is 0 Å². The summed E-state index contributed by atoms with van der Waals surface area (Å²) in [5.41, 5.74) is 5.89. The Morgan fingerprint density at radius 2 is 1.77 bits per heavy atom. The maximum Gasteiger partial charge on any atom is 0.234 e. The fourth-order valence-electron chi connectivity index (χ4n) is 3.75. The number of benzene rings is 3. The highest BCUT2D eigenvalue weighted by Crippen LogP contribution is 2.35. The summed E-state index contributed by atoms with van der Waals surface area (Å²) in [7, 11) is 0. The summed E-state index contributed by atoms with van der Waals surface area (Å²) >= 11 is 14.0. The van der Waals surface area contributed by atoms with Crippen molar-refractivity contribution >= 4 is 46.6 Å². The van der Waals surface area contributed by atoms with Crippen molar-refractivity contribution in [2.45, 2.75) is 38.8 Å². The molecule has 1 N–H and O–H groups in total. The molecule has 0 atom stereocenters. The fraction of sp³-hybridized carbons (Fsp3) is 0.222. The third-order valence-corrected chi connectivity index (χ3v) is 7.20. The second kappa shape index (κ2) is 10.9. The number of carbonyl (C=O) groups excluding carboxylic acids is 1. The standard InChI is InChI=1S/C27H26Cl2N4OS/c1-16(2)21-7-5-6-8-24(21)33-26(22-12-10-19(28)14-23(22)29)31-32-27(33)35-15-25(34)30-20-11-9-17(3)18(4)13-20/h5-14,16H,15H2,1-4H3,(H,30,34). The van der Waals surface area contributed by atoms with Gasteiger partial charge in [-0.25, -0.2) is 0 Å². The average molecular weight is 526 g/mol. The molecule has 1 heterocycles. The van der Waals surface area contributed by atoms with Crippen LogP contribution in [0, 0.1) is 13.8 Å². The summed E-state index contributed by atoms with van der Waals surface area (Å²) in [5.74, 6) is 0.935. The number of aryl methyl sites for hydroxylation is 2. The zero-order chi connectivity index (χ0) is 25.1. The first-order valence-electron chi connectivity index (χ1n) is 11.2. The lowest BCUT2D eigenvalue weighted by Crippen LogP contribution is -2.15. The molecule has 0 unspecified atom stereocenters. The van der Waals surface area contributed by atoms with Crippen molar-refractivity contribution in [1.82, 2.24) is 14.8 Å². The molecule has 35 heavy (non-hydrogen) atoms. The first kappa shape index (κ1) is 25.3. The number of aromatic nitrogens is 3. The summed E-state index contributed by atoms with van der Waals surface area (Å²) in [6, 6.07) is 19.3. The molecule has 180 valence electrons. The van der Waals surface area contributed by atoms with Crippen LogP contribution in [0.15, 0.2) is 65.8 Å². The Morgan fingerprint density at radius 3 is 2.49 bits per heavy atom. The van der Waals surface area contributed by atoms with E-state index < -0.39 is 0 Å². The van der Waals surface area contributed by atoms with E-state index in [0.717, 1.165) is 22.5 Å². The molecule has 1 amide bonds. The summed E-state index contributed by atoms with van der Waals surface area (Å²) < 4.78 is 1.97. The first-order chi connectivity index (χ1) is 16.7. The van der Waals surface area contributed by atoms with Crippen LogP contribution in [0.25, 0.3) is 17.1 Å². The molecule has 0 radical (unpaired) electrons. The lowest BCUT2D eigenvalue weighted by molar-refractivity contribution is -0.113. The van der Waals surface area contributed by atoms with E-state index in [1.165, 1.54) is 17.3 Å². The molecule has 8 heteroatoms. The van der Waals surface area contributed by atoms with E-state index in [4.69, 9.17) is 23.2 Å². The molecule has 0 saturated carbocycles. The van der Waals surface area contributed by atoms with Gasteiger partial charge in [0.15, 0.2) is 11.0 Å². The van der Waals surface area contributed by atoms with Gasteiger partial charge in [-0.15, -0.1) is 10.2 Å². The van der Waals surface area contributed by atoms with Crippen LogP contribution in [0.1, 0.15) is 36.5 Å². The molecule has 4 rings (SSSR count). The fourth-order valence-corrected chi connectivity index (χ4v) is 4.99. The molecular weight excluding hydrogens is 499 g/mol. The second-order valence-electron chi connectivity index (χ2n) is 8.62. The van der Waals surface area contributed by atoms with Crippen molar-refractivity contribution in [1.29, 1.82) is 0 Å². The Balaban J connectivity index is 1.69. The zero-order valence-electron chi connectivity index (χ0n) is 20.0. The van der Waals surface area contributed by atoms with Crippen molar-refractivity contribution in [3.8, 4) is 17.1 Å². The van der Waals surface area contributed by atoms with Gasteiger partial charge in [-0.3, -0.25) is 9.36 Å². The predicted octanol–water partition coefficient (Wildman–Crippen LogP) is 7.71. The van der Waals surface area contributed by atoms with Crippen molar-refractivity contribution in [3.63, 3.8) is 0 Å². The lowest BCUT2D eigenvalue weighted by atomic mass is 10.0. The van der Waals surface area contributed by atoms with Gasteiger partial charge < -0.3 is 5.32 Å². The van der Waals surface area contributed by atoms with Gasteiger partial charge in [-0.2, -0.15) is 0 Å². The Hall–Kier alpha value is -2.80. The SMILES string of the molecule is Cc1ccc(NC(=O)CSc2nnc(-c3ccc(Cl)cc3Cl)n2-c2ccccc2C(C)C)cc1C. The second-order valence-corrected chi connectivity index (χ2v) is 10.4. The molecule has 0 saturated heterocycles. The highest BCUT2D eigenvalue weighted by atomic mass is 35.5. The Kier molecular flexibility index (Phi) is 7.85. The zero-order valence-corrected chi connectivity index (χ0v) is 22.3. The van der Waals surface area contributed by atoms with Crippen molar-refractivity contribution < 1.29 is 4.79 Å². The predicted molar refractivity (Wildman–Crippen MR) is 146 cm³/mol. The van der Waals surface area contributed by atoms with Crippen molar-refractivity contribution in [2.75, 3.05) is 11.1 Å². The van der Waals surface area contributed by atoms with Crippen LogP contribution >= 0.6 is 35.0 Å². The minimum Gasteiger partial charge on any atom is -0.325 e. The Morgan fingerprint density at radius 1 is 1.00 bits per heavy atom. The molecule has 3 aromatic carbocycles. The van der Waals surface area contributed by atoms with Gasteiger partial charge in [0.05, 0.1) is 16.5 Å². The number of hydrogen-bond donors (Lipinski definition) is 1. The minimum atomic E-state index is -0.115.